The topological polar surface area (TPSA) is 134 Å². The van der Waals surface area contributed by atoms with Gasteiger partial charge < -0.3 is 14.5 Å². The minimum Gasteiger partial charge on any atom is -0.493 e. The second-order valence-electron chi connectivity index (χ2n) is 6.29. The van der Waals surface area contributed by atoms with E-state index in [1.807, 2.05) is 0 Å². The Kier molecular flexibility index (Phi) is 5.44. The zero-order valence-electron chi connectivity index (χ0n) is 16.1. The highest BCUT2D eigenvalue weighted by Crippen LogP contribution is 2.25. The molecule has 0 saturated carbocycles. The highest BCUT2D eigenvalue weighted by molar-refractivity contribution is 7.93. The number of benzene rings is 2. The quantitative estimate of drug-likeness (QED) is 0.407. The van der Waals surface area contributed by atoms with Crippen molar-refractivity contribution in [3.05, 3.63) is 71.2 Å². The van der Waals surface area contributed by atoms with E-state index in [1.54, 1.807) is 23.6 Å². The summed E-state index contributed by atoms with van der Waals surface area (Å²) in [5.41, 5.74) is 0.446. The largest absolute Gasteiger partial charge is 0.493 e. The van der Waals surface area contributed by atoms with Crippen molar-refractivity contribution in [2.45, 2.75) is 4.90 Å². The zero-order chi connectivity index (χ0) is 22.0. The van der Waals surface area contributed by atoms with Gasteiger partial charge in [0.15, 0.2) is 16.5 Å². The van der Waals surface area contributed by atoms with E-state index in [9.17, 15) is 13.2 Å². The third-order valence-electron chi connectivity index (χ3n) is 4.30. The number of hydrogen-bond acceptors (Lipinski definition) is 8. The zero-order valence-corrected chi connectivity index (χ0v) is 17.7. The standard InChI is InChI=1S/C20H16N4O5S2/c1-28-16-4-2-3-12-11-15(18(21)29-17(12)16)19(25)23-13-5-7-14(8-6-13)31(26,27)24-20-22-9-10-30-20/h2-11,21H,1H3,(H,22,24)(H,23,25). The van der Waals surface area contributed by atoms with Gasteiger partial charge in [-0.3, -0.25) is 14.9 Å². The molecule has 0 saturated heterocycles. The molecule has 2 aromatic heterocycles. The molecule has 11 heteroatoms. The van der Waals surface area contributed by atoms with Gasteiger partial charge in [-0.2, -0.15) is 0 Å². The molecular weight excluding hydrogens is 440 g/mol. The lowest BCUT2D eigenvalue weighted by Crippen LogP contribution is -2.21. The van der Waals surface area contributed by atoms with E-state index in [2.05, 4.69) is 15.0 Å². The van der Waals surface area contributed by atoms with E-state index >= 15 is 0 Å². The number of anilines is 2. The van der Waals surface area contributed by atoms with Crippen LogP contribution in [0.3, 0.4) is 0 Å². The first-order chi connectivity index (χ1) is 14.9. The molecule has 4 aromatic rings. The Bertz CT molecular complexity index is 1410. The summed E-state index contributed by atoms with van der Waals surface area (Å²) in [6, 6.07) is 12.4. The van der Waals surface area contributed by atoms with Gasteiger partial charge >= 0.3 is 0 Å². The Hall–Kier alpha value is -3.70. The Morgan fingerprint density at radius 3 is 2.65 bits per heavy atom. The number of carbonyl (C=O) groups is 1. The molecule has 0 aliphatic heterocycles. The van der Waals surface area contributed by atoms with E-state index in [-0.39, 0.29) is 21.1 Å². The summed E-state index contributed by atoms with van der Waals surface area (Å²) in [5.74, 6) is -0.101. The smallest absolute Gasteiger partial charge is 0.263 e. The van der Waals surface area contributed by atoms with E-state index < -0.39 is 15.9 Å². The number of nitrogens with zero attached hydrogens (tertiary/aromatic N) is 1. The summed E-state index contributed by atoms with van der Waals surface area (Å²) < 4.78 is 37.9. The second kappa shape index (κ2) is 8.20. The average Bonchev–Trinajstić information content (AvgIpc) is 3.25. The van der Waals surface area contributed by atoms with Crippen LogP contribution >= 0.6 is 11.3 Å². The fourth-order valence-electron chi connectivity index (χ4n) is 2.83. The van der Waals surface area contributed by atoms with E-state index in [0.29, 0.717) is 22.4 Å². The maximum absolute atomic E-state index is 12.7. The van der Waals surface area contributed by atoms with Crippen LogP contribution in [0.4, 0.5) is 10.8 Å². The van der Waals surface area contributed by atoms with Crippen LogP contribution in [0.5, 0.6) is 5.75 Å². The van der Waals surface area contributed by atoms with Crippen molar-refractivity contribution < 1.29 is 22.4 Å². The average molecular weight is 457 g/mol. The van der Waals surface area contributed by atoms with Gasteiger partial charge in [-0.05, 0) is 36.4 Å². The van der Waals surface area contributed by atoms with Gasteiger partial charge in [0.1, 0.15) is 5.56 Å². The number of amides is 1. The molecule has 0 aliphatic rings. The van der Waals surface area contributed by atoms with Crippen molar-refractivity contribution in [3.8, 4) is 5.75 Å². The van der Waals surface area contributed by atoms with Gasteiger partial charge in [0.2, 0.25) is 5.55 Å². The first kappa shape index (κ1) is 20.6. The number of sulfonamides is 1. The maximum atomic E-state index is 12.7. The SMILES string of the molecule is COc1cccc2cc(C(=O)Nc3ccc(S(=O)(=O)Nc4nccs4)cc3)c(=N)oc12. The molecule has 0 unspecified atom stereocenters. The third-order valence-corrected chi connectivity index (χ3v) is 6.47. The molecule has 2 heterocycles. The molecule has 0 atom stereocenters. The summed E-state index contributed by atoms with van der Waals surface area (Å²) in [4.78, 5) is 16.6. The molecule has 2 aromatic carbocycles. The number of rotatable bonds is 6. The molecule has 31 heavy (non-hydrogen) atoms. The van der Waals surface area contributed by atoms with Crippen LogP contribution in [0.15, 0.2) is 69.4 Å². The molecule has 0 radical (unpaired) electrons. The van der Waals surface area contributed by atoms with Gasteiger partial charge in [-0.25, -0.2) is 13.4 Å². The van der Waals surface area contributed by atoms with E-state index in [0.717, 1.165) is 0 Å². The summed E-state index contributed by atoms with van der Waals surface area (Å²) >= 11 is 1.17. The fraction of sp³-hybridized carbons (Fsp3) is 0.0500. The fourth-order valence-corrected chi connectivity index (χ4v) is 4.62. The van der Waals surface area contributed by atoms with Crippen LogP contribution in [-0.4, -0.2) is 26.4 Å². The van der Waals surface area contributed by atoms with Gasteiger partial charge in [0.25, 0.3) is 15.9 Å². The predicted octanol–water partition coefficient (Wildman–Crippen LogP) is 3.43. The number of nitrogens with one attached hydrogen (secondary N) is 3. The van der Waals surface area contributed by atoms with Gasteiger partial charge in [-0.1, -0.05) is 12.1 Å². The van der Waals surface area contributed by atoms with Crippen molar-refractivity contribution in [1.29, 1.82) is 5.41 Å². The van der Waals surface area contributed by atoms with Crippen LogP contribution < -0.4 is 20.3 Å². The number of hydrogen-bond donors (Lipinski definition) is 3. The minimum absolute atomic E-state index is 0.0229. The van der Waals surface area contributed by atoms with Crippen LogP contribution in [0.25, 0.3) is 11.0 Å². The highest BCUT2D eigenvalue weighted by Gasteiger charge is 2.17. The Morgan fingerprint density at radius 2 is 1.97 bits per heavy atom. The lowest BCUT2D eigenvalue weighted by molar-refractivity contribution is 0.102. The number of carbonyl (C=O) groups excluding carboxylic acids is 1. The number of methoxy groups -OCH3 is 1. The number of fused-ring (bicyclic) bond motifs is 1. The molecule has 0 fully saturated rings. The van der Waals surface area contributed by atoms with Gasteiger partial charge in [-0.15, -0.1) is 11.3 Å². The Balaban J connectivity index is 1.55. The summed E-state index contributed by atoms with van der Waals surface area (Å²) in [5, 5.41) is 13.2. The lowest BCUT2D eigenvalue weighted by Gasteiger charge is -2.09. The van der Waals surface area contributed by atoms with Crippen LogP contribution in [-0.2, 0) is 10.0 Å². The summed E-state index contributed by atoms with van der Waals surface area (Å²) in [7, 11) is -2.30. The summed E-state index contributed by atoms with van der Waals surface area (Å²) in [6.07, 6.45) is 1.50. The molecular formula is C20H16N4O5S2. The molecule has 158 valence electrons. The first-order valence-electron chi connectivity index (χ1n) is 8.86. The first-order valence-corrected chi connectivity index (χ1v) is 11.2. The molecule has 3 N–H and O–H groups in total. The molecule has 0 spiro atoms. The van der Waals surface area contributed by atoms with Crippen molar-refractivity contribution in [1.82, 2.24) is 4.98 Å². The van der Waals surface area contributed by atoms with Crippen molar-refractivity contribution in [2.75, 3.05) is 17.1 Å². The number of aromatic nitrogens is 1. The van der Waals surface area contributed by atoms with Crippen LogP contribution in [0, 0.1) is 5.41 Å². The van der Waals surface area contributed by atoms with E-state index in [1.165, 1.54) is 55.0 Å². The molecule has 0 aliphatic carbocycles. The minimum atomic E-state index is -3.79. The van der Waals surface area contributed by atoms with Crippen LogP contribution in [0.1, 0.15) is 10.4 Å². The second-order valence-corrected chi connectivity index (χ2v) is 8.87. The predicted molar refractivity (Wildman–Crippen MR) is 116 cm³/mol. The number of para-hydroxylation sites is 1. The molecule has 4 rings (SSSR count). The maximum Gasteiger partial charge on any atom is 0.263 e. The number of ether oxygens (including phenoxy) is 1. The van der Waals surface area contributed by atoms with E-state index in [4.69, 9.17) is 14.6 Å². The number of thiazole rings is 1. The highest BCUT2D eigenvalue weighted by atomic mass is 32.2. The summed E-state index contributed by atoms with van der Waals surface area (Å²) in [6.45, 7) is 0. The van der Waals surface area contributed by atoms with Crippen molar-refractivity contribution in [3.63, 3.8) is 0 Å². The monoisotopic (exact) mass is 456 g/mol. The van der Waals surface area contributed by atoms with Gasteiger partial charge in [0.05, 0.1) is 12.0 Å². The lowest BCUT2D eigenvalue weighted by atomic mass is 10.1. The normalized spacial score (nSPS) is 11.3. The van der Waals surface area contributed by atoms with Crippen molar-refractivity contribution >= 4 is 49.1 Å². The molecule has 1 amide bonds. The van der Waals surface area contributed by atoms with Gasteiger partial charge in [0, 0.05) is 22.7 Å². The molecule has 9 nitrogen and oxygen atoms in total. The van der Waals surface area contributed by atoms with Crippen molar-refractivity contribution in [2.24, 2.45) is 0 Å². The Labute approximate surface area is 180 Å². The molecule has 0 bridgehead atoms. The Morgan fingerprint density at radius 1 is 1.19 bits per heavy atom. The third kappa shape index (κ3) is 4.27. The van der Waals surface area contributed by atoms with Crippen LogP contribution in [0.2, 0.25) is 0 Å².